The maximum absolute atomic E-state index is 5.66. The van der Waals surface area contributed by atoms with Gasteiger partial charge in [-0.25, -0.2) is 0 Å². The maximum Gasteiger partial charge on any atom is 0.191 e. The van der Waals surface area contributed by atoms with E-state index in [0.29, 0.717) is 37.2 Å². The normalized spacial score (nSPS) is 10.7. The highest BCUT2D eigenvalue weighted by atomic mass is 127. The molecule has 0 radical (unpaired) electrons. The Kier molecular flexibility index (Phi) is 11.1. The van der Waals surface area contributed by atoms with Crippen LogP contribution in [0, 0.1) is 0 Å². The molecule has 0 unspecified atom stereocenters. The van der Waals surface area contributed by atoms with Crippen LogP contribution in [0.25, 0.3) is 0 Å². The molecule has 0 aliphatic carbocycles. The Bertz CT molecular complexity index is 787. The summed E-state index contributed by atoms with van der Waals surface area (Å²) in [6, 6.07) is 11.8. The number of guanidine groups is 1. The summed E-state index contributed by atoms with van der Waals surface area (Å²) in [5, 5.41) is 6.62. The van der Waals surface area contributed by atoms with Crippen LogP contribution < -0.4 is 24.8 Å². The molecule has 2 aromatic rings. The van der Waals surface area contributed by atoms with E-state index in [0.717, 1.165) is 21.3 Å². The lowest BCUT2D eigenvalue weighted by Gasteiger charge is -2.16. The summed E-state index contributed by atoms with van der Waals surface area (Å²) in [6.45, 7) is 3.81. The topological polar surface area (TPSA) is 64.1 Å². The summed E-state index contributed by atoms with van der Waals surface area (Å²) in [5.41, 5.74) is 2.11. The van der Waals surface area contributed by atoms with Crippen LogP contribution in [0.15, 0.2) is 45.9 Å². The number of hydrogen-bond acceptors (Lipinski definition) is 4. The highest BCUT2D eigenvalue weighted by molar-refractivity contribution is 14.0. The minimum Gasteiger partial charge on any atom is -0.494 e. The van der Waals surface area contributed by atoms with E-state index in [1.165, 1.54) is 0 Å². The SMILES string of the molecule is CCOc1ccccc1CNC(=NC)NCc1cc(OC)c(OC)cc1Br.I. The summed E-state index contributed by atoms with van der Waals surface area (Å²) < 4.78 is 17.3. The number of halogens is 2. The van der Waals surface area contributed by atoms with Crippen molar-refractivity contribution in [1.29, 1.82) is 0 Å². The number of rotatable bonds is 8. The smallest absolute Gasteiger partial charge is 0.191 e. The first kappa shape index (κ1) is 24.4. The van der Waals surface area contributed by atoms with Crippen molar-refractivity contribution in [3.8, 4) is 17.2 Å². The third-order valence-electron chi connectivity index (χ3n) is 3.94. The first-order chi connectivity index (χ1) is 13.1. The van der Waals surface area contributed by atoms with Gasteiger partial charge in [0.2, 0.25) is 0 Å². The molecule has 154 valence electrons. The van der Waals surface area contributed by atoms with Gasteiger partial charge in [-0.15, -0.1) is 24.0 Å². The number of para-hydroxylation sites is 1. The molecule has 0 spiro atoms. The maximum atomic E-state index is 5.66. The van der Waals surface area contributed by atoms with Gasteiger partial charge in [0.05, 0.1) is 20.8 Å². The molecule has 0 atom stereocenters. The van der Waals surface area contributed by atoms with E-state index in [-0.39, 0.29) is 24.0 Å². The predicted molar refractivity (Wildman–Crippen MR) is 127 cm³/mol. The number of nitrogens with one attached hydrogen (secondary N) is 2. The molecule has 0 heterocycles. The Morgan fingerprint density at radius 1 is 0.964 bits per heavy atom. The molecule has 6 nitrogen and oxygen atoms in total. The summed E-state index contributed by atoms with van der Waals surface area (Å²) in [6.07, 6.45) is 0. The van der Waals surface area contributed by atoms with Crippen molar-refractivity contribution >= 4 is 45.9 Å². The average molecular weight is 564 g/mol. The zero-order valence-corrected chi connectivity index (χ0v) is 20.5. The van der Waals surface area contributed by atoms with Crippen LogP contribution in [0.1, 0.15) is 18.1 Å². The standard InChI is InChI=1S/C20H26BrN3O3.HI/c1-5-27-17-9-7-6-8-14(17)12-23-20(22-2)24-13-15-10-18(25-3)19(26-4)11-16(15)21;/h6-11H,5,12-13H2,1-4H3,(H2,22,23,24);1H. The molecule has 2 rings (SSSR count). The second-order valence-electron chi connectivity index (χ2n) is 5.62. The van der Waals surface area contributed by atoms with E-state index >= 15 is 0 Å². The van der Waals surface area contributed by atoms with Gasteiger partial charge in [0, 0.05) is 30.2 Å². The summed E-state index contributed by atoms with van der Waals surface area (Å²) in [4.78, 5) is 4.28. The second kappa shape index (κ2) is 12.7. The molecule has 0 fully saturated rings. The Hall–Kier alpha value is -1.68. The average Bonchev–Trinajstić information content (AvgIpc) is 2.70. The van der Waals surface area contributed by atoms with Crippen molar-refractivity contribution < 1.29 is 14.2 Å². The lowest BCUT2D eigenvalue weighted by Crippen LogP contribution is -2.36. The second-order valence-corrected chi connectivity index (χ2v) is 6.47. The zero-order valence-electron chi connectivity index (χ0n) is 16.5. The van der Waals surface area contributed by atoms with Crippen LogP contribution in [0.4, 0.5) is 0 Å². The van der Waals surface area contributed by atoms with E-state index in [2.05, 4.69) is 31.6 Å². The molecule has 0 aromatic heterocycles. The lowest BCUT2D eigenvalue weighted by atomic mass is 10.2. The molecule has 2 aromatic carbocycles. The van der Waals surface area contributed by atoms with Crippen molar-refractivity contribution in [3.63, 3.8) is 0 Å². The van der Waals surface area contributed by atoms with Crippen molar-refractivity contribution in [3.05, 3.63) is 52.0 Å². The molecule has 0 amide bonds. The first-order valence-corrected chi connectivity index (χ1v) is 9.47. The highest BCUT2D eigenvalue weighted by Gasteiger charge is 2.10. The van der Waals surface area contributed by atoms with Crippen LogP contribution in [-0.2, 0) is 13.1 Å². The third-order valence-corrected chi connectivity index (χ3v) is 4.68. The van der Waals surface area contributed by atoms with Crippen LogP contribution >= 0.6 is 39.9 Å². The molecule has 28 heavy (non-hydrogen) atoms. The van der Waals surface area contributed by atoms with Crippen LogP contribution in [-0.4, -0.2) is 33.8 Å². The van der Waals surface area contributed by atoms with Crippen molar-refractivity contribution in [1.82, 2.24) is 10.6 Å². The van der Waals surface area contributed by atoms with Gasteiger partial charge in [0.1, 0.15) is 5.75 Å². The molecule has 8 heteroatoms. The van der Waals surface area contributed by atoms with Crippen molar-refractivity contribution in [2.75, 3.05) is 27.9 Å². The number of nitrogens with zero attached hydrogens (tertiary/aromatic N) is 1. The Morgan fingerprint density at radius 2 is 1.57 bits per heavy atom. The minimum absolute atomic E-state index is 0. The molecule has 0 saturated carbocycles. The van der Waals surface area contributed by atoms with E-state index in [1.54, 1.807) is 21.3 Å². The largest absolute Gasteiger partial charge is 0.494 e. The Balaban J connectivity index is 0.00000392. The van der Waals surface area contributed by atoms with E-state index < -0.39 is 0 Å². The van der Waals surface area contributed by atoms with Crippen LogP contribution in [0.3, 0.4) is 0 Å². The van der Waals surface area contributed by atoms with Crippen LogP contribution in [0.5, 0.6) is 17.2 Å². The Morgan fingerprint density at radius 3 is 2.18 bits per heavy atom. The van der Waals surface area contributed by atoms with E-state index in [9.17, 15) is 0 Å². The van der Waals surface area contributed by atoms with E-state index in [1.807, 2.05) is 43.3 Å². The Labute approximate surface area is 192 Å². The summed E-state index contributed by atoms with van der Waals surface area (Å²) >= 11 is 3.57. The third kappa shape index (κ3) is 6.73. The zero-order chi connectivity index (χ0) is 19.6. The summed E-state index contributed by atoms with van der Waals surface area (Å²) in [7, 11) is 4.99. The quantitative estimate of drug-likeness (QED) is 0.284. The van der Waals surface area contributed by atoms with Gasteiger partial charge in [-0.3, -0.25) is 4.99 Å². The van der Waals surface area contributed by atoms with Gasteiger partial charge < -0.3 is 24.8 Å². The fourth-order valence-corrected chi connectivity index (χ4v) is 3.02. The van der Waals surface area contributed by atoms with Gasteiger partial charge in [-0.2, -0.15) is 0 Å². The minimum atomic E-state index is 0. The molecule has 0 saturated heterocycles. The molecule has 0 aliphatic heterocycles. The van der Waals surface area contributed by atoms with Gasteiger partial charge in [-0.05, 0) is 30.7 Å². The predicted octanol–water partition coefficient (Wildman–Crippen LogP) is 4.35. The van der Waals surface area contributed by atoms with Crippen LogP contribution in [0.2, 0.25) is 0 Å². The van der Waals surface area contributed by atoms with E-state index in [4.69, 9.17) is 14.2 Å². The molecular weight excluding hydrogens is 537 g/mol. The van der Waals surface area contributed by atoms with Gasteiger partial charge in [0.15, 0.2) is 17.5 Å². The fourth-order valence-electron chi connectivity index (χ4n) is 2.56. The number of benzene rings is 2. The molecular formula is C20H27BrIN3O3. The van der Waals surface area contributed by atoms with Gasteiger partial charge >= 0.3 is 0 Å². The number of ether oxygens (including phenoxy) is 3. The molecule has 2 N–H and O–H groups in total. The monoisotopic (exact) mass is 563 g/mol. The van der Waals surface area contributed by atoms with Crippen molar-refractivity contribution in [2.24, 2.45) is 4.99 Å². The van der Waals surface area contributed by atoms with Gasteiger partial charge in [-0.1, -0.05) is 34.1 Å². The molecule has 0 aliphatic rings. The van der Waals surface area contributed by atoms with Crippen molar-refractivity contribution in [2.45, 2.75) is 20.0 Å². The van der Waals surface area contributed by atoms with Gasteiger partial charge in [0.25, 0.3) is 0 Å². The lowest BCUT2D eigenvalue weighted by molar-refractivity contribution is 0.336. The highest BCUT2D eigenvalue weighted by Crippen LogP contribution is 2.33. The summed E-state index contributed by atoms with van der Waals surface area (Å²) in [5.74, 6) is 2.95. The molecule has 0 bridgehead atoms. The number of hydrogen-bond donors (Lipinski definition) is 2. The number of methoxy groups -OCH3 is 2. The first-order valence-electron chi connectivity index (χ1n) is 8.68. The fraction of sp³-hybridized carbons (Fsp3) is 0.350. The number of aliphatic imine (C=N–C) groups is 1.